The van der Waals surface area contributed by atoms with Crippen LogP contribution < -0.4 is 19.8 Å². The average molecular weight is 420 g/mol. The second-order valence-corrected chi connectivity index (χ2v) is 7.89. The second kappa shape index (κ2) is 9.13. The van der Waals surface area contributed by atoms with E-state index >= 15 is 0 Å². The minimum absolute atomic E-state index is 0.00185. The zero-order valence-electron chi connectivity index (χ0n) is 16.5. The van der Waals surface area contributed by atoms with Crippen molar-refractivity contribution in [1.82, 2.24) is 10.3 Å². The van der Waals surface area contributed by atoms with Crippen molar-refractivity contribution in [1.29, 1.82) is 0 Å². The molecular weight excluding hydrogens is 394 g/mol. The number of aromatic amines is 1. The first-order valence-corrected chi connectivity index (χ1v) is 10.4. The summed E-state index contributed by atoms with van der Waals surface area (Å²) < 4.78 is 5.51. The van der Waals surface area contributed by atoms with Crippen LogP contribution in [-0.4, -0.2) is 42.1 Å². The molecule has 0 saturated carbocycles. The van der Waals surface area contributed by atoms with Gasteiger partial charge in [0.15, 0.2) is 0 Å². The number of nitrogens with zero attached hydrogens (tertiary/aromatic N) is 1. The molecule has 156 valence electrons. The summed E-state index contributed by atoms with van der Waals surface area (Å²) in [6, 6.07) is 3.71. The Labute approximate surface area is 172 Å². The topological polar surface area (TPSA) is 112 Å². The highest BCUT2D eigenvalue weighted by Gasteiger charge is 2.29. The first-order chi connectivity index (χ1) is 13.9. The zero-order valence-corrected chi connectivity index (χ0v) is 17.4. The molecule has 0 bridgehead atoms. The number of aromatic nitrogens is 1. The molecule has 2 aromatic rings. The fourth-order valence-corrected chi connectivity index (χ4v) is 4.36. The number of amides is 2. The van der Waals surface area contributed by atoms with Crippen molar-refractivity contribution >= 4 is 28.8 Å². The van der Waals surface area contributed by atoms with Gasteiger partial charge in [0.05, 0.1) is 17.7 Å². The first-order valence-electron chi connectivity index (χ1n) is 9.61. The number of carbonyl (C=O) groups excluding carboxylic acids is 2. The van der Waals surface area contributed by atoms with Crippen molar-refractivity contribution in [3.05, 3.63) is 37.8 Å². The standard InChI is InChI=1S/C20H25N3O5S/c1-3-21-16(24)5-4-10-23-17(25)9-7-13-12(6-8-14(28-2)18(13)23)11-15-19(26)22-20(27)29-15/h6,8,26H,3-5,7,9-11H2,1-2H3,(H,21,24)(H,22,27). The van der Waals surface area contributed by atoms with Crippen molar-refractivity contribution in [3.63, 3.8) is 0 Å². The number of methoxy groups -OCH3 is 1. The zero-order chi connectivity index (χ0) is 21.0. The number of benzene rings is 1. The highest BCUT2D eigenvalue weighted by atomic mass is 32.1. The van der Waals surface area contributed by atoms with E-state index in [1.54, 1.807) is 18.1 Å². The monoisotopic (exact) mass is 419 g/mol. The number of nitrogens with one attached hydrogen (secondary N) is 2. The Morgan fingerprint density at radius 2 is 2.14 bits per heavy atom. The van der Waals surface area contributed by atoms with Gasteiger partial charge in [0, 0.05) is 32.4 Å². The Balaban J connectivity index is 1.89. The van der Waals surface area contributed by atoms with E-state index in [4.69, 9.17) is 4.74 Å². The van der Waals surface area contributed by atoms with E-state index in [0.717, 1.165) is 28.2 Å². The van der Waals surface area contributed by atoms with Gasteiger partial charge in [0.1, 0.15) is 5.75 Å². The van der Waals surface area contributed by atoms with E-state index in [-0.39, 0.29) is 22.6 Å². The van der Waals surface area contributed by atoms with Crippen LogP contribution in [0.5, 0.6) is 11.6 Å². The smallest absolute Gasteiger partial charge is 0.307 e. The molecule has 3 rings (SSSR count). The second-order valence-electron chi connectivity index (χ2n) is 6.82. The highest BCUT2D eigenvalue weighted by molar-refractivity contribution is 7.09. The van der Waals surface area contributed by atoms with Crippen LogP contribution in [0.4, 0.5) is 5.69 Å². The summed E-state index contributed by atoms with van der Waals surface area (Å²) in [7, 11) is 1.56. The Morgan fingerprint density at radius 3 is 2.79 bits per heavy atom. The number of hydrogen-bond donors (Lipinski definition) is 3. The summed E-state index contributed by atoms with van der Waals surface area (Å²) >= 11 is 0.976. The predicted octanol–water partition coefficient (Wildman–Crippen LogP) is 1.94. The maximum atomic E-state index is 12.6. The summed E-state index contributed by atoms with van der Waals surface area (Å²) in [4.78, 5) is 40.2. The molecule has 0 radical (unpaired) electrons. The first kappa shape index (κ1) is 20.9. The number of H-pyrrole nitrogens is 1. The van der Waals surface area contributed by atoms with Gasteiger partial charge in [0.25, 0.3) is 0 Å². The fraction of sp³-hybridized carbons (Fsp3) is 0.450. The highest BCUT2D eigenvalue weighted by Crippen LogP contribution is 2.40. The molecule has 29 heavy (non-hydrogen) atoms. The molecule has 0 spiro atoms. The molecule has 8 nitrogen and oxygen atoms in total. The minimum atomic E-state index is -0.304. The van der Waals surface area contributed by atoms with Crippen LogP contribution in [0.1, 0.15) is 42.2 Å². The normalized spacial score (nSPS) is 13.3. The molecule has 0 aliphatic carbocycles. The van der Waals surface area contributed by atoms with E-state index in [9.17, 15) is 19.5 Å². The van der Waals surface area contributed by atoms with Crippen molar-refractivity contribution in [2.75, 3.05) is 25.1 Å². The molecule has 1 aromatic heterocycles. The minimum Gasteiger partial charge on any atom is -0.495 e. The summed E-state index contributed by atoms with van der Waals surface area (Å²) in [5.41, 5.74) is 2.63. The van der Waals surface area contributed by atoms with E-state index in [2.05, 4.69) is 10.3 Å². The van der Waals surface area contributed by atoms with Crippen LogP contribution in [0.3, 0.4) is 0 Å². The van der Waals surface area contributed by atoms with Crippen LogP contribution >= 0.6 is 11.3 Å². The van der Waals surface area contributed by atoms with Crippen LogP contribution in [0.25, 0.3) is 0 Å². The summed E-state index contributed by atoms with van der Waals surface area (Å²) in [6.45, 7) is 2.87. The number of ether oxygens (including phenoxy) is 1. The van der Waals surface area contributed by atoms with Gasteiger partial charge in [-0.2, -0.15) is 0 Å². The van der Waals surface area contributed by atoms with Crippen molar-refractivity contribution in [2.45, 2.75) is 39.0 Å². The third kappa shape index (κ3) is 4.61. The molecular formula is C20H25N3O5S. The molecule has 2 amide bonds. The molecule has 0 saturated heterocycles. The number of thiazole rings is 1. The number of fused-ring (bicyclic) bond motifs is 1. The Hall–Kier alpha value is -2.81. The molecule has 1 aromatic carbocycles. The van der Waals surface area contributed by atoms with Crippen LogP contribution in [0, 0.1) is 0 Å². The molecule has 0 atom stereocenters. The molecule has 3 N–H and O–H groups in total. The van der Waals surface area contributed by atoms with Crippen molar-refractivity contribution in [2.24, 2.45) is 0 Å². The lowest BCUT2D eigenvalue weighted by Gasteiger charge is -2.32. The fourth-order valence-electron chi connectivity index (χ4n) is 3.62. The van der Waals surface area contributed by atoms with E-state index in [1.807, 2.05) is 13.0 Å². The van der Waals surface area contributed by atoms with Gasteiger partial charge >= 0.3 is 4.87 Å². The molecule has 1 aliphatic rings. The van der Waals surface area contributed by atoms with Gasteiger partial charge in [-0.15, -0.1) is 0 Å². The Morgan fingerprint density at radius 1 is 1.34 bits per heavy atom. The van der Waals surface area contributed by atoms with Crippen LogP contribution in [0.15, 0.2) is 16.9 Å². The van der Waals surface area contributed by atoms with E-state index in [1.165, 1.54) is 0 Å². The molecule has 2 heterocycles. The lowest BCUT2D eigenvalue weighted by Crippen LogP contribution is -2.37. The third-order valence-electron chi connectivity index (χ3n) is 4.93. The largest absolute Gasteiger partial charge is 0.495 e. The van der Waals surface area contributed by atoms with Gasteiger partial charge in [-0.25, -0.2) is 0 Å². The van der Waals surface area contributed by atoms with Gasteiger partial charge < -0.3 is 20.1 Å². The van der Waals surface area contributed by atoms with Gasteiger partial charge in [0.2, 0.25) is 17.7 Å². The molecule has 0 unspecified atom stereocenters. The van der Waals surface area contributed by atoms with E-state index in [0.29, 0.717) is 55.8 Å². The van der Waals surface area contributed by atoms with Gasteiger partial charge in [-0.05, 0) is 37.0 Å². The average Bonchev–Trinajstić information content (AvgIpc) is 3.00. The SMILES string of the molecule is CCNC(=O)CCCN1C(=O)CCc2c(Cc3sc(=O)[nH]c3O)ccc(OC)c21. The number of rotatable bonds is 8. The Bertz CT molecular complexity index is 966. The summed E-state index contributed by atoms with van der Waals surface area (Å²) in [5.74, 6) is 0.449. The number of anilines is 1. The lowest BCUT2D eigenvalue weighted by atomic mass is 9.93. The van der Waals surface area contributed by atoms with Crippen LogP contribution in [-0.2, 0) is 22.4 Å². The third-order valence-corrected chi connectivity index (χ3v) is 5.81. The quantitative estimate of drug-likeness (QED) is 0.605. The number of aromatic hydroxyl groups is 1. The van der Waals surface area contributed by atoms with E-state index < -0.39 is 0 Å². The molecule has 9 heteroatoms. The number of hydrogen-bond acceptors (Lipinski definition) is 6. The van der Waals surface area contributed by atoms with Crippen molar-refractivity contribution < 1.29 is 19.4 Å². The maximum Gasteiger partial charge on any atom is 0.307 e. The Kier molecular flexibility index (Phi) is 6.58. The van der Waals surface area contributed by atoms with Gasteiger partial charge in [-0.1, -0.05) is 17.4 Å². The van der Waals surface area contributed by atoms with Gasteiger partial charge in [-0.3, -0.25) is 19.4 Å². The summed E-state index contributed by atoms with van der Waals surface area (Å²) in [6.07, 6.45) is 2.21. The van der Waals surface area contributed by atoms with Crippen molar-refractivity contribution in [3.8, 4) is 11.6 Å². The predicted molar refractivity (Wildman–Crippen MR) is 111 cm³/mol. The molecule has 1 aliphatic heterocycles. The lowest BCUT2D eigenvalue weighted by molar-refractivity contribution is -0.121. The summed E-state index contributed by atoms with van der Waals surface area (Å²) in [5, 5.41) is 12.7. The molecule has 0 fully saturated rings. The number of carbonyl (C=O) groups is 2. The van der Waals surface area contributed by atoms with Crippen LogP contribution in [0.2, 0.25) is 0 Å². The maximum absolute atomic E-state index is 12.6.